The van der Waals surface area contributed by atoms with E-state index in [0.717, 1.165) is 24.0 Å². The molecule has 0 N–H and O–H groups in total. The van der Waals surface area contributed by atoms with Gasteiger partial charge in [0.15, 0.2) is 12.1 Å². The molecule has 1 heterocycles. The van der Waals surface area contributed by atoms with Crippen molar-refractivity contribution in [2.45, 2.75) is 43.9 Å². The van der Waals surface area contributed by atoms with Crippen LogP contribution in [-0.2, 0) is 19.0 Å². The van der Waals surface area contributed by atoms with E-state index in [1.165, 1.54) is 0 Å². The normalized spacial score (nSPS) is 31.0. The van der Waals surface area contributed by atoms with Crippen LogP contribution < -0.4 is 0 Å². The van der Waals surface area contributed by atoms with Crippen molar-refractivity contribution in [3.05, 3.63) is 83.9 Å². The van der Waals surface area contributed by atoms with Crippen LogP contribution in [0.5, 0.6) is 0 Å². The lowest BCUT2D eigenvalue weighted by Crippen LogP contribution is -2.43. The van der Waals surface area contributed by atoms with E-state index in [1.807, 2.05) is 42.5 Å². The summed E-state index contributed by atoms with van der Waals surface area (Å²) in [5, 5.41) is 0. The van der Waals surface area contributed by atoms with Gasteiger partial charge in [-0.3, -0.25) is 4.79 Å². The summed E-state index contributed by atoms with van der Waals surface area (Å²) in [5.41, 5.74) is 2.07. The second kappa shape index (κ2) is 10.6. The second-order valence-electron chi connectivity index (χ2n) is 8.16. The average molecular weight is 441 g/mol. The highest BCUT2D eigenvalue weighted by molar-refractivity contribution is 6.17. The molecule has 1 aliphatic heterocycles. The molecule has 2 aromatic rings. The third-order valence-electron chi connectivity index (χ3n) is 6.26. The van der Waals surface area contributed by atoms with Crippen molar-refractivity contribution < 1.29 is 19.0 Å². The fraction of sp³-hybridized carbons (Fsp3) is 0.423. The fourth-order valence-corrected chi connectivity index (χ4v) is 4.85. The maximum absolute atomic E-state index is 12.7. The number of halogens is 1. The second-order valence-corrected chi connectivity index (χ2v) is 8.54. The Morgan fingerprint density at radius 2 is 1.58 bits per heavy atom. The number of carbonyl (C=O) groups excluding carboxylic acids is 1. The van der Waals surface area contributed by atoms with Crippen molar-refractivity contribution in [2.75, 3.05) is 13.0 Å². The molecule has 0 bridgehead atoms. The van der Waals surface area contributed by atoms with Crippen LogP contribution in [0.4, 0.5) is 0 Å². The summed E-state index contributed by atoms with van der Waals surface area (Å²) in [6, 6.07) is 20.2. The quantitative estimate of drug-likeness (QED) is 0.545. The van der Waals surface area contributed by atoms with Crippen LogP contribution in [0.15, 0.2) is 72.8 Å². The van der Waals surface area contributed by atoms with Crippen LogP contribution in [0.2, 0.25) is 0 Å². The molecule has 0 spiro atoms. The number of ketones is 1. The molecule has 0 saturated carbocycles. The van der Waals surface area contributed by atoms with Crippen LogP contribution in [-0.4, -0.2) is 31.2 Å². The number of methoxy groups -OCH3 is 1. The van der Waals surface area contributed by atoms with Crippen molar-refractivity contribution in [1.82, 2.24) is 0 Å². The van der Waals surface area contributed by atoms with Crippen LogP contribution in [0, 0.1) is 11.8 Å². The maximum Gasteiger partial charge on any atom is 0.158 e. The van der Waals surface area contributed by atoms with Gasteiger partial charge in [0.2, 0.25) is 0 Å². The molecular weight excluding hydrogens is 412 g/mol. The number of benzene rings is 2. The molecule has 1 saturated heterocycles. The standard InChI is InChI=1S/C26H29ClO4/c1-29-24-17-21-20(13-8-16-27)22(28)14-15-23(21)30-25(18-9-4-2-5-10-18)26(31-24)19-11-6-3-7-12-19/h2-7,9-12,14-15,20-21,23-26H,8,13,16-17H2,1H3/t20-,21-,23+,24-,25-,26-/m0/s1. The topological polar surface area (TPSA) is 44.8 Å². The lowest BCUT2D eigenvalue weighted by Gasteiger charge is -2.43. The Labute approximate surface area is 189 Å². The number of fused-ring (bicyclic) bond motifs is 1. The van der Waals surface area contributed by atoms with E-state index in [2.05, 4.69) is 24.3 Å². The Balaban J connectivity index is 1.73. The number of rotatable bonds is 6. The summed E-state index contributed by atoms with van der Waals surface area (Å²) in [4.78, 5) is 12.7. The fourth-order valence-electron chi connectivity index (χ4n) is 4.69. The first kappa shape index (κ1) is 22.2. The maximum atomic E-state index is 12.7. The van der Waals surface area contributed by atoms with Crippen molar-refractivity contribution in [3.8, 4) is 0 Å². The van der Waals surface area contributed by atoms with Gasteiger partial charge >= 0.3 is 0 Å². The Morgan fingerprint density at radius 3 is 2.16 bits per heavy atom. The molecular formula is C26H29ClO4. The largest absolute Gasteiger partial charge is 0.363 e. The predicted molar refractivity (Wildman–Crippen MR) is 121 cm³/mol. The summed E-state index contributed by atoms with van der Waals surface area (Å²) in [5.74, 6) is 0.521. The first-order valence-electron chi connectivity index (χ1n) is 10.9. The molecule has 164 valence electrons. The number of alkyl halides is 1. The van der Waals surface area contributed by atoms with Crippen molar-refractivity contribution >= 4 is 17.4 Å². The highest BCUT2D eigenvalue weighted by atomic mass is 35.5. The van der Waals surface area contributed by atoms with Gasteiger partial charge < -0.3 is 14.2 Å². The van der Waals surface area contributed by atoms with E-state index < -0.39 is 6.29 Å². The van der Waals surface area contributed by atoms with Gasteiger partial charge in [-0.1, -0.05) is 66.7 Å². The van der Waals surface area contributed by atoms with E-state index in [9.17, 15) is 4.79 Å². The number of hydrogen-bond donors (Lipinski definition) is 0. The van der Waals surface area contributed by atoms with Crippen molar-refractivity contribution in [2.24, 2.45) is 11.8 Å². The van der Waals surface area contributed by atoms with Gasteiger partial charge in [0.25, 0.3) is 0 Å². The van der Waals surface area contributed by atoms with Gasteiger partial charge in [-0.2, -0.15) is 0 Å². The van der Waals surface area contributed by atoms with Crippen LogP contribution in [0.25, 0.3) is 0 Å². The molecule has 1 fully saturated rings. The lowest BCUT2D eigenvalue weighted by atomic mass is 9.75. The summed E-state index contributed by atoms with van der Waals surface area (Å²) < 4.78 is 19.0. The summed E-state index contributed by atoms with van der Waals surface area (Å²) in [7, 11) is 1.66. The molecule has 6 atom stereocenters. The van der Waals surface area contributed by atoms with Gasteiger partial charge in [0, 0.05) is 31.2 Å². The van der Waals surface area contributed by atoms with E-state index >= 15 is 0 Å². The number of carbonyl (C=O) groups is 1. The summed E-state index contributed by atoms with van der Waals surface area (Å²) in [6.45, 7) is 0. The molecule has 5 heteroatoms. The van der Waals surface area contributed by atoms with Crippen LogP contribution in [0.3, 0.4) is 0 Å². The number of allylic oxidation sites excluding steroid dienone is 1. The molecule has 0 aromatic heterocycles. The molecule has 0 radical (unpaired) electrons. The molecule has 2 aliphatic rings. The van der Waals surface area contributed by atoms with Gasteiger partial charge in [-0.05, 0) is 30.0 Å². The summed E-state index contributed by atoms with van der Waals surface area (Å²) in [6.07, 6.45) is 4.43. The summed E-state index contributed by atoms with van der Waals surface area (Å²) >= 11 is 5.94. The number of hydrogen-bond acceptors (Lipinski definition) is 4. The Morgan fingerprint density at radius 1 is 0.968 bits per heavy atom. The molecule has 0 unspecified atom stereocenters. The van der Waals surface area contributed by atoms with Crippen LogP contribution in [0.1, 0.15) is 42.6 Å². The molecule has 0 amide bonds. The molecule has 2 aromatic carbocycles. The third-order valence-corrected chi connectivity index (χ3v) is 6.53. The molecule has 31 heavy (non-hydrogen) atoms. The SMILES string of the molecule is CO[C@@H]1C[C@H]2[C@H](CCCCl)C(=O)C=C[C@H]2O[C@@H](c2ccccc2)[C@H](c2ccccc2)O1. The predicted octanol–water partition coefficient (Wildman–Crippen LogP) is 5.64. The van der Waals surface area contributed by atoms with E-state index in [1.54, 1.807) is 13.2 Å². The lowest BCUT2D eigenvalue weighted by molar-refractivity contribution is -0.233. The van der Waals surface area contributed by atoms with Crippen molar-refractivity contribution in [1.29, 1.82) is 0 Å². The first-order chi connectivity index (χ1) is 15.2. The minimum Gasteiger partial charge on any atom is -0.363 e. The van der Waals surface area contributed by atoms with Gasteiger partial charge in [0.1, 0.15) is 12.2 Å². The monoisotopic (exact) mass is 440 g/mol. The van der Waals surface area contributed by atoms with Gasteiger partial charge in [0.05, 0.1) is 6.10 Å². The Bertz CT molecular complexity index is 869. The number of ether oxygens (including phenoxy) is 3. The van der Waals surface area contributed by atoms with Crippen molar-refractivity contribution in [3.63, 3.8) is 0 Å². The zero-order valence-corrected chi connectivity index (χ0v) is 18.5. The molecule has 4 nitrogen and oxygen atoms in total. The first-order valence-corrected chi connectivity index (χ1v) is 11.5. The van der Waals surface area contributed by atoms with E-state index in [0.29, 0.717) is 12.3 Å². The van der Waals surface area contributed by atoms with E-state index in [4.69, 9.17) is 25.8 Å². The van der Waals surface area contributed by atoms with Gasteiger partial charge in [-0.25, -0.2) is 0 Å². The molecule has 1 aliphatic carbocycles. The van der Waals surface area contributed by atoms with Gasteiger partial charge in [-0.15, -0.1) is 11.6 Å². The Kier molecular flexibility index (Phi) is 7.57. The Hall–Kier alpha value is -1.98. The average Bonchev–Trinajstić information content (AvgIpc) is 2.80. The zero-order chi connectivity index (χ0) is 21.6. The highest BCUT2D eigenvalue weighted by Crippen LogP contribution is 2.44. The highest BCUT2D eigenvalue weighted by Gasteiger charge is 2.43. The minimum absolute atomic E-state index is 0.0198. The smallest absolute Gasteiger partial charge is 0.158 e. The third kappa shape index (κ3) is 5.09. The van der Waals surface area contributed by atoms with Crippen LogP contribution >= 0.6 is 11.6 Å². The molecule has 4 rings (SSSR count). The zero-order valence-electron chi connectivity index (χ0n) is 17.7. The van der Waals surface area contributed by atoms with E-state index in [-0.39, 0.29) is 35.9 Å². The minimum atomic E-state index is -0.439.